The Morgan fingerprint density at radius 2 is 1.28 bits per heavy atom. The fraction of sp³-hybridized carbons (Fsp3) is 0.182. The van der Waals surface area contributed by atoms with E-state index in [0.29, 0.717) is 11.5 Å². The normalized spacial score (nSPS) is 11.4. The van der Waals surface area contributed by atoms with E-state index >= 15 is 0 Å². The zero-order valence-electron chi connectivity index (χ0n) is 16.9. The third-order valence-corrected chi connectivity index (χ3v) is 5.55. The average Bonchev–Trinajstić information content (AvgIpc) is 2.69. The molecular weight excluding hydrogens is 385 g/mol. The van der Waals surface area contributed by atoms with Crippen molar-refractivity contribution in [2.45, 2.75) is 27.7 Å². The van der Waals surface area contributed by atoms with Crippen molar-refractivity contribution in [2.24, 2.45) is 5.10 Å². The molecule has 0 fully saturated rings. The lowest BCUT2D eigenvalue weighted by Crippen LogP contribution is -2.15. The maximum atomic E-state index is 13.7. The number of para-hydroxylation sites is 2. The van der Waals surface area contributed by atoms with Gasteiger partial charge < -0.3 is 9.05 Å². The highest BCUT2D eigenvalue weighted by molar-refractivity contribution is 7.52. The Bertz CT molecular complexity index is 970. The van der Waals surface area contributed by atoms with Gasteiger partial charge in [-0.25, -0.2) is 4.57 Å². The number of hydrogen-bond donors (Lipinski definition) is 1. The first-order valence-corrected chi connectivity index (χ1v) is 10.7. The number of nitrogens with one attached hydrogen (secondary N) is 1. The molecule has 0 radical (unpaired) electrons. The van der Waals surface area contributed by atoms with Crippen LogP contribution >= 0.6 is 7.75 Å². The van der Waals surface area contributed by atoms with Crippen molar-refractivity contribution >= 4 is 14.0 Å². The molecule has 3 rings (SSSR count). The summed E-state index contributed by atoms with van der Waals surface area (Å²) < 4.78 is 25.5. The highest BCUT2D eigenvalue weighted by Crippen LogP contribution is 2.48. The van der Waals surface area contributed by atoms with Crippen molar-refractivity contribution in [2.75, 3.05) is 0 Å². The molecule has 6 nitrogen and oxygen atoms in total. The van der Waals surface area contributed by atoms with Crippen LogP contribution in [0.3, 0.4) is 0 Å². The van der Waals surface area contributed by atoms with Gasteiger partial charge in [0.2, 0.25) is 0 Å². The quantitative estimate of drug-likeness (QED) is 0.317. The van der Waals surface area contributed by atoms with Gasteiger partial charge in [-0.15, -0.1) is 0 Å². The molecule has 3 aromatic rings. The molecule has 29 heavy (non-hydrogen) atoms. The second kappa shape index (κ2) is 8.93. The lowest BCUT2D eigenvalue weighted by Gasteiger charge is -2.22. The highest BCUT2D eigenvalue weighted by Gasteiger charge is 2.31. The van der Waals surface area contributed by atoms with Gasteiger partial charge in [0.15, 0.2) is 0 Å². The van der Waals surface area contributed by atoms with Crippen LogP contribution in [-0.2, 0) is 4.57 Å². The van der Waals surface area contributed by atoms with Crippen molar-refractivity contribution in [3.63, 3.8) is 0 Å². The number of hydrogen-bond acceptors (Lipinski definition) is 5. The van der Waals surface area contributed by atoms with Crippen LogP contribution in [0.2, 0.25) is 0 Å². The van der Waals surface area contributed by atoms with Gasteiger partial charge in [0, 0.05) is 12.4 Å². The summed E-state index contributed by atoms with van der Waals surface area (Å²) >= 11 is 0. The number of aromatic nitrogens is 1. The zero-order chi connectivity index (χ0) is 20.9. The fourth-order valence-electron chi connectivity index (χ4n) is 2.81. The molecule has 1 heterocycles. The number of nitrogens with zero attached hydrogens (tertiary/aromatic N) is 2. The molecule has 0 aliphatic heterocycles. The molecule has 0 spiro atoms. The number of hydrazone groups is 1. The minimum absolute atomic E-state index is 0.508. The molecular formula is C22H24N3O3P. The minimum Gasteiger partial charge on any atom is -0.399 e. The van der Waals surface area contributed by atoms with Crippen molar-refractivity contribution < 1.29 is 13.6 Å². The summed E-state index contributed by atoms with van der Waals surface area (Å²) in [5.74, 6) is 1.02. The molecule has 0 unspecified atom stereocenters. The summed E-state index contributed by atoms with van der Waals surface area (Å²) in [6.45, 7) is 7.58. The van der Waals surface area contributed by atoms with Crippen LogP contribution in [-0.4, -0.2) is 11.2 Å². The van der Waals surface area contributed by atoms with Gasteiger partial charge in [-0.05, 0) is 67.6 Å². The summed E-state index contributed by atoms with van der Waals surface area (Å²) in [6.07, 6.45) is 4.85. The predicted molar refractivity (Wildman–Crippen MR) is 116 cm³/mol. The molecule has 0 atom stereocenters. The van der Waals surface area contributed by atoms with E-state index in [1.165, 1.54) is 6.21 Å². The Hall–Kier alpha value is -3.11. The first kappa shape index (κ1) is 20.6. The van der Waals surface area contributed by atoms with Crippen LogP contribution in [0.1, 0.15) is 27.8 Å². The third kappa shape index (κ3) is 5.24. The molecule has 1 aromatic heterocycles. The van der Waals surface area contributed by atoms with Crippen LogP contribution < -0.4 is 14.2 Å². The zero-order valence-corrected chi connectivity index (χ0v) is 17.8. The number of rotatable bonds is 7. The van der Waals surface area contributed by atoms with E-state index in [4.69, 9.17) is 9.05 Å². The van der Waals surface area contributed by atoms with E-state index in [9.17, 15) is 4.57 Å². The van der Waals surface area contributed by atoms with Crippen LogP contribution in [0.5, 0.6) is 11.5 Å². The molecule has 2 aromatic carbocycles. The third-order valence-electron chi connectivity index (χ3n) is 4.34. The van der Waals surface area contributed by atoms with Crippen molar-refractivity contribution in [1.82, 2.24) is 10.2 Å². The van der Waals surface area contributed by atoms with Gasteiger partial charge in [0.1, 0.15) is 11.5 Å². The van der Waals surface area contributed by atoms with E-state index in [1.807, 2.05) is 64.1 Å². The Labute approximate surface area is 171 Å². The Balaban J connectivity index is 1.94. The highest BCUT2D eigenvalue weighted by atomic mass is 31.2. The molecule has 1 N–H and O–H groups in total. The van der Waals surface area contributed by atoms with Crippen LogP contribution in [0.15, 0.2) is 66.0 Å². The number of pyridine rings is 1. The van der Waals surface area contributed by atoms with Gasteiger partial charge in [0.05, 0.1) is 6.21 Å². The van der Waals surface area contributed by atoms with E-state index in [-0.39, 0.29) is 0 Å². The average molecular weight is 409 g/mol. The van der Waals surface area contributed by atoms with Crippen molar-refractivity contribution in [1.29, 1.82) is 0 Å². The van der Waals surface area contributed by atoms with Crippen LogP contribution in [0.4, 0.5) is 0 Å². The van der Waals surface area contributed by atoms with Crippen molar-refractivity contribution in [3.05, 3.63) is 88.7 Å². The lowest BCUT2D eigenvalue weighted by atomic mass is 10.1. The standard InChI is InChI=1S/C22H24N3O3P/c1-16-7-5-8-17(2)21(16)27-29(26,25-24-15-20-11-13-23-14-12-20)28-22-18(3)9-6-10-19(22)4/h5-15H,1-4H3,(H,25,26). The van der Waals surface area contributed by atoms with Gasteiger partial charge in [-0.1, -0.05) is 36.4 Å². The van der Waals surface area contributed by atoms with Crippen LogP contribution in [0.25, 0.3) is 0 Å². The molecule has 150 valence electrons. The number of aryl methyl sites for hydroxylation is 4. The lowest BCUT2D eigenvalue weighted by molar-refractivity contribution is 0.368. The maximum Gasteiger partial charge on any atom is 0.557 e. The van der Waals surface area contributed by atoms with Crippen LogP contribution in [0, 0.1) is 27.7 Å². The smallest absolute Gasteiger partial charge is 0.399 e. The number of benzene rings is 2. The summed E-state index contributed by atoms with van der Waals surface area (Å²) in [5, 5.41) is 6.72. The predicted octanol–water partition coefficient (Wildman–Crippen LogP) is 5.50. The second-order valence-electron chi connectivity index (χ2n) is 6.76. The molecule has 7 heteroatoms. The minimum atomic E-state index is -3.87. The fourth-order valence-corrected chi connectivity index (χ4v) is 4.18. The first-order chi connectivity index (χ1) is 13.9. The molecule has 0 saturated heterocycles. The first-order valence-electron chi connectivity index (χ1n) is 9.20. The topological polar surface area (TPSA) is 72.8 Å². The Morgan fingerprint density at radius 1 is 0.828 bits per heavy atom. The summed E-state index contributed by atoms with van der Waals surface area (Å²) in [5.41, 5.74) is 4.23. The maximum absolute atomic E-state index is 13.7. The molecule has 0 amide bonds. The second-order valence-corrected chi connectivity index (χ2v) is 8.32. The molecule has 0 aliphatic carbocycles. The van der Waals surface area contributed by atoms with Gasteiger partial charge in [-0.2, -0.15) is 10.3 Å². The molecule has 0 saturated carbocycles. The van der Waals surface area contributed by atoms with E-state index < -0.39 is 7.75 Å². The summed E-state index contributed by atoms with van der Waals surface area (Å²) in [6, 6.07) is 15.0. The molecule has 0 aliphatic rings. The largest absolute Gasteiger partial charge is 0.557 e. The monoisotopic (exact) mass is 409 g/mol. The van der Waals surface area contributed by atoms with E-state index in [2.05, 4.69) is 15.3 Å². The molecule has 0 bridgehead atoms. The van der Waals surface area contributed by atoms with E-state index in [0.717, 1.165) is 27.8 Å². The van der Waals surface area contributed by atoms with Crippen molar-refractivity contribution in [3.8, 4) is 11.5 Å². The summed E-state index contributed by atoms with van der Waals surface area (Å²) in [4.78, 5) is 3.97. The van der Waals surface area contributed by atoms with Gasteiger partial charge >= 0.3 is 7.75 Å². The van der Waals surface area contributed by atoms with Gasteiger partial charge in [-0.3, -0.25) is 4.98 Å². The SMILES string of the molecule is Cc1cccc(C)c1OP(=O)(NN=Cc1ccncc1)Oc1c(C)cccc1C. The Kier molecular flexibility index (Phi) is 6.35. The van der Waals surface area contributed by atoms with Gasteiger partial charge in [0.25, 0.3) is 0 Å². The Morgan fingerprint density at radius 3 is 1.72 bits per heavy atom. The summed E-state index contributed by atoms with van der Waals surface area (Å²) in [7, 11) is -3.87. The van der Waals surface area contributed by atoms with E-state index in [1.54, 1.807) is 24.5 Å².